The van der Waals surface area contributed by atoms with Gasteiger partial charge in [-0.3, -0.25) is 4.99 Å². The van der Waals surface area contributed by atoms with E-state index < -0.39 is 0 Å². The minimum atomic E-state index is 0.223. The minimum Gasteiger partial charge on any atom is -0.357 e. The Bertz CT molecular complexity index is 592. The van der Waals surface area contributed by atoms with Crippen LogP contribution < -0.4 is 10.6 Å². The lowest BCUT2D eigenvalue weighted by molar-refractivity contribution is 0.686. The Morgan fingerprint density at radius 2 is 2.09 bits per heavy atom. The molecule has 1 heterocycles. The van der Waals surface area contributed by atoms with Crippen LogP contribution in [0.2, 0.25) is 0 Å². The first-order chi connectivity index (χ1) is 10.7. The predicted molar refractivity (Wildman–Crippen MR) is 94.5 cm³/mol. The molecule has 22 heavy (non-hydrogen) atoms. The Kier molecular flexibility index (Phi) is 6.40. The number of hydrogen-bond acceptors (Lipinski definition) is 3. The number of aliphatic imine (C=N–C) groups is 1. The topological polar surface area (TPSA) is 49.3 Å². The molecule has 0 fully saturated rings. The second-order valence-electron chi connectivity index (χ2n) is 5.15. The van der Waals surface area contributed by atoms with Gasteiger partial charge in [0, 0.05) is 24.9 Å². The Labute approximate surface area is 136 Å². The first kappa shape index (κ1) is 16.5. The van der Waals surface area contributed by atoms with E-state index in [1.807, 2.05) is 13.0 Å². The van der Waals surface area contributed by atoms with Gasteiger partial charge in [-0.2, -0.15) is 0 Å². The second kappa shape index (κ2) is 8.54. The number of aromatic nitrogens is 1. The van der Waals surface area contributed by atoms with Crippen LogP contribution in [0.15, 0.2) is 40.7 Å². The van der Waals surface area contributed by atoms with Gasteiger partial charge in [-0.25, -0.2) is 4.98 Å². The van der Waals surface area contributed by atoms with Crippen molar-refractivity contribution < 1.29 is 0 Å². The smallest absolute Gasteiger partial charge is 0.191 e. The van der Waals surface area contributed by atoms with Gasteiger partial charge in [-0.15, -0.1) is 11.3 Å². The van der Waals surface area contributed by atoms with Crippen molar-refractivity contribution in [3.63, 3.8) is 0 Å². The standard InChI is InChI=1S/C17H24N4S/c1-4-18-17(19-11-10-16-12-22-14(3)21-16)20-13(2)15-8-6-5-7-9-15/h5-9,12-13H,4,10-11H2,1-3H3,(H2,18,19,20). The van der Waals surface area contributed by atoms with Gasteiger partial charge in [-0.05, 0) is 26.3 Å². The summed E-state index contributed by atoms with van der Waals surface area (Å²) in [5.41, 5.74) is 2.38. The molecule has 4 nitrogen and oxygen atoms in total. The van der Waals surface area contributed by atoms with Gasteiger partial charge in [0.1, 0.15) is 0 Å². The Balaban J connectivity index is 1.92. The van der Waals surface area contributed by atoms with E-state index >= 15 is 0 Å². The molecule has 0 aliphatic rings. The highest BCUT2D eigenvalue weighted by molar-refractivity contribution is 7.09. The highest BCUT2D eigenvalue weighted by Crippen LogP contribution is 2.11. The monoisotopic (exact) mass is 316 g/mol. The van der Waals surface area contributed by atoms with E-state index in [-0.39, 0.29) is 6.04 Å². The van der Waals surface area contributed by atoms with Crippen LogP contribution in [0.25, 0.3) is 0 Å². The highest BCUT2D eigenvalue weighted by atomic mass is 32.1. The molecule has 1 unspecified atom stereocenters. The maximum absolute atomic E-state index is 4.64. The zero-order valence-electron chi connectivity index (χ0n) is 13.5. The first-order valence-corrected chi connectivity index (χ1v) is 8.57. The van der Waals surface area contributed by atoms with Crippen LogP contribution in [0, 0.1) is 6.92 Å². The number of thiazole rings is 1. The Hall–Kier alpha value is -1.88. The van der Waals surface area contributed by atoms with Crippen LogP contribution >= 0.6 is 11.3 Å². The van der Waals surface area contributed by atoms with Crippen molar-refractivity contribution in [3.05, 3.63) is 52.0 Å². The van der Waals surface area contributed by atoms with Crippen LogP contribution in [0.3, 0.4) is 0 Å². The number of nitrogens with one attached hydrogen (secondary N) is 2. The van der Waals surface area contributed by atoms with Gasteiger partial charge < -0.3 is 10.6 Å². The fourth-order valence-corrected chi connectivity index (χ4v) is 2.80. The SMILES string of the molecule is CCNC(=NCCc1csc(C)n1)NC(C)c1ccccc1. The summed E-state index contributed by atoms with van der Waals surface area (Å²) in [4.78, 5) is 9.11. The van der Waals surface area contributed by atoms with Crippen molar-refractivity contribution in [1.82, 2.24) is 15.6 Å². The van der Waals surface area contributed by atoms with Gasteiger partial charge in [-0.1, -0.05) is 30.3 Å². The van der Waals surface area contributed by atoms with Crippen molar-refractivity contribution >= 4 is 17.3 Å². The van der Waals surface area contributed by atoms with E-state index in [2.05, 4.69) is 64.1 Å². The lowest BCUT2D eigenvalue weighted by Gasteiger charge is -2.18. The van der Waals surface area contributed by atoms with Crippen LogP contribution in [0.4, 0.5) is 0 Å². The minimum absolute atomic E-state index is 0.223. The number of hydrogen-bond donors (Lipinski definition) is 2. The first-order valence-electron chi connectivity index (χ1n) is 7.70. The third-order valence-corrected chi connectivity index (χ3v) is 4.12. The second-order valence-corrected chi connectivity index (χ2v) is 6.21. The van der Waals surface area contributed by atoms with Gasteiger partial charge in [0.25, 0.3) is 0 Å². The maximum Gasteiger partial charge on any atom is 0.191 e. The van der Waals surface area contributed by atoms with Gasteiger partial charge >= 0.3 is 0 Å². The van der Waals surface area contributed by atoms with Crippen molar-refractivity contribution in [2.75, 3.05) is 13.1 Å². The third kappa shape index (κ3) is 5.15. The van der Waals surface area contributed by atoms with Crippen molar-refractivity contribution in [3.8, 4) is 0 Å². The molecule has 0 radical (unpaired) electrons. The quantitative estimate of drug-likeness (QED) is 0.635. The Morgan fingerprint density at radius 1 is 1.32 bits per heavy atom. The predicted octanol–water partition coefficient (Wildman–Crippen LogP) is 3.31. The van der Waals surface area contributed by atoms with Gasteiger partial charge in [0.15, 0.2) is 5.96 Å². The fraction of sp³-hybridized carbons (Fsp3) is 0.412. The zero-order chi connectivity index (χ0) is 15.8. The van der Waals surface area contributed by atoms with E-state index in [9.17, 15) is 0 Å². The number of rotatable bonds is 6. The normalized spacial score (nSPS) is 13.0. The molecule has 1 atom stereocenters. The van der Waals surface area contributed by atoms with Crippen LogP contribution in [0.5, 0.6) is 0 Å². The van der Waals surface area contributed by atoms with E-state index in [0.29, 0.717) is 0 Å². The van der Waals surface area contributed by atoms with Crippen LogP contribution in [-0.2, 0) is 6.42 Å². The van der Waals surface area contributed by atoms with Gasteiger partial charge in [0.2, 0.25) is 0 Å². The molecule has 0 aliphatic heterocycles. The molecule has 1 aromatic carbocycles. The molecule has 118 valence electrons. The van der Waals surface area contributed by atoms with E-state index in [1.165, 1.54) is 5.56 Å². The molecule has 0 spiro atoms. The lowest BCUT2D eigenvalue weighted by atomic mass is 10.1. The van der Waals surface area contributed by atoms with E-state index in [1.54, 1.807) is 11.3 Å². The summed E-state index contributed by atoms with van der Waals surface area (Å²) < 4.78 is 0. The molecule has 0 saturated heterocycles. The van der Waals surface area contributed by atoms with Crippen molar-refractivity contribution in [2.24, 2.45) is 4.99 Å². The molecular formula is C17H24N4S. The molecule has 2 rings (SSSR count). The average Bonchev–Trinajstić information content (AvgIpc) is 2.94. The molecule has 2 N–H and O–H groups in total. The number of guanidine groups is 1. The van der Waals surface area contributed by atoms with Crippen LogP contribution in [-0.4, -0.2) is 24.0 Å². The molecule has 0 amide bonds. The van der Waals surface area contributed by atoms with Gasteiger partial charge in [0.05, 0.1) is 16.7 Å². The molecule has 0 bridgehead atoms. The average molecular weight is 316 g/mol. The summed E-state index contributed by atoms with van der Waals surface area (Å²) >= 11 is 1.69. The molecule has 0 saturated carbocycles. The highest BCUT2D eigenvalue weighted by Gasteiger charge is 2.07. The summed E-state index contributed by atoms with van der Waals surface area (Å²) in [6.45, 7) is 7.84. The van der Waals surface area contributed by atoms with E-state index in [0.717, 1.165) is 36.2 Å². The summed E-state index contributed by atoms with van der Waals surface area (Å²) in [6, 6.07) is 10.6. The fourth-order valence-electron chi connectivity index (χ4n) is 2.16. The molecule has 5 heteroatoms. The lowest BCUT2D eigenvalue weighted by Crippen LogP contribution is -2.38. The zero-order valence-corrected chi connectivity index (χ0v) is 14.3. The number of aryl methyl sites for hydroxylation is 1. The summed E-state index contributed by atoms with van der Waals surface area (Å²) in [7, 11) is 0. The summed E-state index contributed by atoms with van der Waals surface area (Å²) in [5.74, 6) is 0.853. The largest absolute Gasteiger partial charge is 0.357 e. The Morgan fingerprint density at radius 3 is 2.73 bits per heavy atom. The molecular weight excluding hydrogens is 292 g/mol. The van der Waals surface area contributed by atoms with Crippen molar-refractivity contribution in [1.29, 1.82) is 0 Å². The third-order valence-electron chi connectivity index (χ3n) is 3.30. The van der Waals surface area contributed by atoms with Crippen molar-refractivity contribution in [2.45, 2.75) is 33.2 Å². The van der Waals surface area contributed by atoms with E-state index in [4.69, 9.17) is 0 Å². The summed E-state index contributed by atoms with van der Waals surface area (Å²) in [5, 5.41) is 9.96. The summed E-state index contributed by atoms with van der Waals surface area (Å²) in [6.07, 6.45) is 0.876. The van der Waals surface area contributed by atoms with Crippen LogP contribution in [0.1, 0.15) is 36.2 Å². The maximum atomic E-state index is 4.64. The number of benzene rings is 1. The molecule has 1 aromatic heterocycles. The molecule has 2 aromatic rings. The number of nitrogens with zero attached hydrogens (tertiary/aromatic N) is 2. The molecule has 0 aliphatic carbocycles.